The number of amides is 2. The minimum absolute atomic E-state index is 0.0240. The number of carbonyl (C=O) groups excluding carboxylic acids is 3. The fraction of sp³-hybridized carbons (Fsp3) is 0.150. The minimum atomic E-state index is -0.901. The summed E-state index contributed by atoms with van der Waals surface area (Å²) in [6.07, 6.45) is 0. The number of ether oxygens (including phenoxy) is 3. The number of rotatable bonds is 7. The van der Waals surface area contributed by atoms with Crippen LogP contribution < -0.4 is 20.1 Å². The molecule has 2 aromatic rings. The molecule has 1 aliphatic rings. The lowest BCUT2D eigenvalue weighted by Gasteiger charge is -2.13. The summed E-state index contributed by atoms with van der Waals surface area (Å²) in [6.45, 7) is -0.0240. The molecule has 1 aliphatic heterocycles. The highest BCUT2D eigenvalue weighted by Gasteiger charge is 2.36. The van der Waals surface area contributed by atoms with Gasteiger partial charge in [0.05, 0.1) is 19.9 Å². The van der Waals surface area contributed by atoms with E-state index < -0.39 is 17.8 Å². The maximum Gasteiger partial charge on any atom is 0.346 e. The van der Waals surface area contributed by atoms with Crippen LogP contribution in [-0.2, 0) is 25.7 Å². The van der Waals surface area contributed by atoms with Crippen LogP contribution in [0.15, 0.2) is 59.8 Å². The molecule has 2 N–H and O–H groups in total. The monoisotopic (exact) mass is 382 g/mol. The molecule has 0 radical (unpaired) electrons. The first-order chi connectivity index (χ1) is 13.5. The molecule has 2 amide bonds. The van der Waals surface area contributed by atoms with Gasteiger partial charge in [0.1, 0.15) is 23.8 Å². The Labute approximate surface area is 161 Å². The Kier molecular flexibility index (Phi) is 5.59. The SMILES string of the molecule is COc1ccc(NC2=C(C(=O)OCc3ccccc3)C(=O)NC2=O)c(OC)c1. The molecule has 0 aliphatic carbocycles. The van der Waals surface area contributed by atoms with Crippen LogP contribution in [0.2, 0.25) is 0 Å². The highest BCUT2D eigenvalue weighted by atomic mass is 16.5. The number of hydrogen-bond acceptors (Lipinski definition) is 7. The Morgan fingerprint density at radius 2 is 1.75 bits per heavy atom. The van der Waals surface area contributed by atoms with Crippen LogP contribution in [0, 0.1) is 0 Å². The normalized spacial score (nSPS) is 13.2. The van der Waals surface area contributed by atoms with Gasteiger partial charge >= 0.3 is 5.97 Å². The summed E-state index contributed by atoms with van der Waals surface area (Å²) in [5, 5.41) is 4.88. The highest BCUT2D eigenvalue weighted by Crippen LogP contribution is 2.31. The van der Waals surface area contributed by atoms with Crippen LogP contribution in [0.25, 0.3) is 0 Å². The van der Waals surface area contributed by atoms with Gasteiger partial charge in [-0.05, 0) is 17.7 Å². The van der Waals surface area contributed by atoms with Crippen molar-refractivity contribution >= 4 is 23.5 Å². The van der Waals surface area contributed by atoms with Crippen LogP contribution in [0.1, 0.15) is 5.56 Å². The van der Waals surface area contributed by atoms with Gasteiger partial charge in [0.25, 0.3) is 11.8 Å². The summed E-state index contributed by atoms with van der Waals surface area (Å²) in [6, 6.07) is 13.9. The first-order valence-electron chi connectivity index (χ1n) is 8.33. The van der Waals surface area contributed by atoms with E-state index in [1.54, 1.807) is 42.5 Å². The van der Waals surface area contributed by atoms with E-state index in [9.17, 15) is 14.4 Å². The zero-order valence-electron chi connectivity index (χ0n) is 15.3. The molecule has 0 unspecified atom stereocenters. The number of nitrogens with one attached hydrogen (secondary N) is 2. The third-order valence-electron chi connectivity index (χ3n) is 4.02. The van der Waals surface area contributed by atoms with E-state index in [2.05, 4.69) is 10.6 Å². The average Bonchev–Trinajstić information content (AvgIpc) is 3.00. The second kappa shape index (κ2) is 8.26. The van der Waals surface area contributed by atoms with Crippen LogP contribution in [0.3, 0.4) is 0 Å². The molecule has 8 nitrogen and oxygen atoms in total. The summed E-state index contributed by atoms with van der Waals surface area (Å²) in [7, 11) is 2.96. The zero-order chi connectivity index (χ0) is 20.1. The largest absolute Gasteiger partial charge is 0.497 e. The molecular formula is C20H18N2O6. The van der Waals surface area contributed by atoms with E-state index in [1.165, 1.54) is 14.2 Å². The second-order valence-electron chi connectivity index (χ2n) is 5.79. The Bertz CT molecular complexity index is 952. The molecule has 0 saturated carbocycles. The third-order valence-corrected chi connectivity index (χ3v) is 4.02. The van der Waals surface area contributed by atoms with Gasteiger partial charge in [0.2, 0.25) is 0 Å². The third kappa shape index (κ3) is 3.96. The van der Waals surface area contributed by atoms with Gasteiger partial charge in [0.15, 0.2) is 5.57 Å². The lowest BCUT2D eigenvalue weighted by molar-refractivity contribution is -0.141. The first-order valence-corrected chi connectivity index (χ1v) is 8.33. The number of esters is 1. The number of anilines is 1. The molecule has 3 rings (SSSR count). The minimum Gasteiger partial charge on any atom is -0.497 e. The second-order valence-corrected chi connectivity index (χ2v) is 5.79. The zero-order valence-corrected chi connectivity index (χ0v) is 15.3. The number of methoxy groups -OCH3 is 2. The molecule has 8 heteroatoms. The lowest BCUT2D eigenvalue weighted by Crippen LogP contribution is -2.25. The van der Waals surface area contributed by atoms with Crippen molar-refractivity contribution in [2.45, 2.75) is 6.61 Å². The van der Waals surface area contributed by atoms with E-state index in [-0.39, 0.29) is 17.9 Å². The standard InChI is InChI=1S/C20H18N2O6/c1-26-13-8-9-14(15(10-13)27-2)21-17-16(18(23)22-19(17)24)20(25)28-11-12-6-4-3-5-7-12/h3-10H,11H2,1-2H3,(H2,21,22,23,24). The Morgan fingerprint density at radius 1 is 1.00 bits per heavy atom. The van der Waals surface area contributed by atoms with Crippen molar-refractivity contribution in [3.63, 3.8) is 0 Å². The predicted molar refractivity (Wildman–Crippen MR) is 99.6 cm³/mol. The highest BCUT2D eigenvalue weighted by molar-refractivity contribution is 6.31. The Balaban J connectivity index is 1.85. The predicted octanol–water partition coefficient (Wildman–Crippen LogP) is 1.77. The summed E-state index contributed by atoms with van der Waals surface area (Å²) < 4.78 is 15.6. The lowest BCUT2D eigenvalue weighted by atomic mass is 10.2. The molecule has 0 bridgehead atoms. The van der Waals surface area contributed by atoms with Gasteiger partial charge < -0.3 is 19.5 Å². The molecule has 0 aromatic heterocycles. The molecule has 1 heterocycles. The van der Waals surface area contributed by atoms with Crippen LogP contribution in [0.4, 0.5) is 5.69 Å². The number of hydrogen-bond donors (Lipinski definition) is 2. The maximum absolute atomic E-state index is 12.4. The van der Waals surface area contributed by atoms with Crippen LogP contribution >= 0.6 is 0 Å². The fourth-order valence-electron chi connectivity index (χ4n) is 2.60. The molecule has 0 saturated heterocycles. The van der Waals surface area contributed by atoms with Gasteiger partial charge in [-0.3, -0.25) is 14.9 Å². The van der Waals surface area contributed by atoms with Crippen molar-refractivity contribution in [2.24, 2.45) is 0 Å². The van der Waals surface area contributed by atoms with E-state index in [0.29, 0.717) is 17.2 Å². The number of benzene rings is 2. The fourth-order valence-corrected chi connectivity index (χ4v) is 2.60. The van der Waals surface area contributed by atoms with Gasteiger partial charge in [-0.1, -0.05) is 30.3 Å². The van der Waals surface area contributed by atoms with Crippen molar-refractivity contribution in [3.05, 3.63) is 65.4 Å². The molecule has 0 fully saturated rings. The van der Waals surface area contributed by atoms with Crippen molar-refractivity contribution in [3.8, 4) is 11.5 Å². The number of imide groups is 1. The quantitative estimate of drug-likeness (QED) is 0.427. The van der Waals surface area contributed by atoms with E-state index in [0.717, 1.165) is 5.56 Å². The van der Waals surface area contributed by atoms with Crippen LogP contribution in [0.5, 0.6) is 11.5 Å². The van der Waals surface area contributed by atoms with E-state index >= 15 is 0 Å². The summed E-state index contributed by atoms with van der Waals surface area (Å²) in [4.78, 5) is 36.7. The topological polar surface area (TPSA) is 103 Å². The van der Waals surface area contributed by atoms with Gasteiger partial charge in [-0.2, -0.15) is 0 Å². The Hall–Kier alpha value is -3.81. The van der Waals surface area contributed by atoms with Crippen molar-refractivity contribution in [1.82, 2.24) is 5.32 Å². The molecule has 0 atom stereocenters. The summed E-state index contributed by atoms with van der Waals surface area (Å²) in [5.41, 5.74) is 0.550. The maximum atomic E-state index is 12.4. The molecular weight excluding hydrogens is 364 g/mol. The molecule has 2 aromatic carbocycles. The van der Waals surface area contributed by atoms with Gasteiger partial charge in [0, 0.05) is 6.07 Å². The molecule has 144 valence electrons. The summed E-state index contributed by atoms with van der Waals surface area (Å²) in [5.74, 6) is -1.53. The van der Waals surface area contributed by atoms with Crippen molar-refractivity contribution in [1.29, 1.82) is 0 Å². The summed E-state index contributed by atoms with van der Waals surface area (Å²) >= 11 is 0. The van der Waals surface area contributed by atoms with Crippen LogP contribution in [-0.4, -0.2) is 32.0 Å². The average molecular weight is 382 g/mol. The Morgan fingerprint density at radius 3 is 2.43 bits per heavy atom. The molecule has 0 spiro atoms. The van der Waals surface area contributed by atoms with Crippen molar-refractivity contribution in [2.75, 3.05) is 19.5 Å². The van der Waals surface area contributed by atoms with E-state index in [4.69, 9.17) is 14.2 Å². The molecule has 28 heavy (non-hydrogen) atoms. The van der Waals surface area contributed by atoms with Gasteiger partial charge in [-0.15, -0.1) is 0 Å². The van der Waals surface area contributed by atoms with E-state index in [1.807, 2.05) is 6.07 Å². The number of carbonyl (C=O) groups is 3. The van der Waals surface area contributed by atoms with Crippen molar-refractivity contribution < 1.29 is 28.6 Å². The van der Waals surface area contributed by atoms with Gasteiger partial charge in [-0.25, -0.2) is 4.79 Å². The first kappa shape index (κ1) is 19.0. The smallest absolute Gasteiger partial charge is 0.346 e.